The quantitative estimate of drug-likeness (QED) is 0.708. The van der Waals surface area contributed by atoms with E-state index in [0.29, 0.717) is 32.8 Å². The predicted octanol–water partition coefficient (Wildman–Crippen LogP) is 1.79. The molecule has 0 spiro atoms. The average molecular weight is 301 g/mol. The van der Waals surface area contributed by atoms with Crippen LogP contribution in [0.15, 0.2) is 57.7 Å². The Balaban J connectivity index is 2.19. The van der Waals surface area contributed by atoms with Crippen LogP contribution in [-0.4, -0.2) is 17.2 Å². The summed E-state index contributed by atoms with van der Waals surface area (Å²) in [7, 11) is -1.57. The molecule has 21 heavy (non-hydrogen) atoms. The van der Waals surface area contributed by atoms with Gasteiger partial charge in [0.15, 0.2) is 5.43 Å². The molecule has 0 saturated heterocycles. The standard InChI is InChI=1S/C15H10BClO4/c17-11-4-5-14-12(7-11)13(18)8-15(21-14)9-2-1-3-10(6-9)16(19)20/h1-8,19-20H. The van der Waals surface area contributed by atoms with Crippen molar-refractivity contribution in [3.63, 3.8) is 0 Å². The molecule has 0 bridgehead atoms. The van der Waals surface area contributed by atoms with Gasteiger partial charge in [0.2, 0.25) is 0 Å². The summed E-state index contributed by atoms with van der Waals surface area (Å²) in [5.74, 6) is 0.359. The summed E-state index contributed by atoms with van der Waals surface area (Å²) in [6.45, 7) is 0. The van der Waals surface area contributed by atoms with Crippen molar-refractivity contribution in [1.29, 1.82) is 0 Å². The molecule has 0 amide bonds. The lowest BCUT2D eigenvalue weighted by Crippen LogP contribution is -2.29. The summed E-state index contributed by atoms with van der Waals surface area (Å²) in [6.07, 6.45) is 0. The summed E-state index contributed by atoms with van der Waals surface area (Å²) in [6, 6.07) is 12.7. The minimum atomic E-state index is -1.57. The first-order valence-electron chi connectivity index (χ1n) is 6.24. The highest BCUT2D eigenvalue weighted by Gasteiger charge is 2.13. The summed E-state index contributed by atoms with van der Waals surface area (Å²) >= 11 is 5.87. The number of hydrogen-bond acceptors (Lipinski definition) is 4. The maximum atomic E-state index is 12.1. The van der Waals surface area contributed by atoms with Crippen molar-refractivity contribution in [3.05, 3.63) is 63.8 Å². The number of fused-ring (bicyclic) bond motifs is 1. The fourth-order valence-electron chi connectivity index (χ4n) is 2.12. The van der Waals surface area contributed by atoms with Crippen LogP contribution in [0.25, 0.3) is 22.3 Å². The Morgan fingerprint density at radius 2 is 1.86 bits per heavy atom. The lowest BCUT2D eigenvalue weighted by Gasteiger charge is -2.05. The Hall–Kier alpha value is -2.08. The van der Waals surface area contributed by atoms with Gasteiger partial charge in [0.05, 0.1) is 5.39 Å². The van der Waals surface area contributed by atoms with Crippen LogP contribution in [0.4, 0.5) is 0 Å². The highest BCUT2D eigenvalue weighted by atomic mass is 35.5. The molecule has 0 radical (unpaired) electrons. The highest BCUT2D eigenvalue weighted by molar-refractivity contribution is 6.58. The van der Waals surface area contributed by atoms with Gasteiger partial charge in [0.1, 0.15) is 11.3 Å². The van der Waals surface area contributed by atoms with Crippen molar-refractivity contribution >= 4 is 35.2 Å². The van der Waals surface area contributed by atoms with Crippen molar-refractivity contribution in [2.45, 2.75) is 0 Å². The van der Waals surface area contributed by atoms with Gasteiger partial charge in [0.25, 0.3) is 0 Å². The molecular weight excluding hydrogens is 290 g/mol. The Labute approximate surface area is 125 Å². The zero-order valence-corrected chi connectivity index (χ0v) is 11.5. The monoisotopic (exact) mass is 300 g/mol. The zero-order valence-electron chi connectivity index (χ0n) is 10.8. The van der Waals surface area contributed by atoms with Gasteiger partial charge >= 0.3 is 7.12 Å². The molecular formula is C15H10BClO4. The van der Waals surface area contributed by atoms with Gasteiger partial charge in [-0.05, 0) is 23.7 Å². The van der Waals surface area contributed by atoms with E-state index < -0.39 is 7.12 Å². The average Bonchev–Trinajstić information content (AvgIpc) is 2.48. The topological polar surface area (TPSA) is 70.7 Å². The molecule has 3 rings (SSSR count). The molecule has 0 aliphatic rings. The van der Waals surface area contributed by atoms with Crippen molar-refractivity contribution in [3.8, 4) is 11.3 Å². The maximum Gasteiger partial charge on any atom is 0.488 e. The third kappa shape index (κ3) is 2.71. The Kier molecular flexibility index (Phi) is 3.55. The first-order valence-corrected chi connectivity index (χ1v) is 6.62. The molecule has 6 heteroatoms. The van der Waals surface area contributed by atoms with Gasteiger partial charge in [-0.25, -0.2) is 0 Å². The van der Waals surface area contributed by atoms with Crippen LogP contribution in [0.2, 0.25) is 5.02 Å². The molecule has 4 nitrogen and oxygen atoms in total. The van der Waals surface area contributed by atoms with Gasteiger partial charge in [-0.15, -0.1) is 0 Å². The third-order valence-corrected chi connectivity index (χ3v) is 3.39. The zero-order chi connectivity index (χ0) is 15.0. The molecule has 104 valence electrons. The first kappa shape index (κ1) is 13.9. The summed E-state index contributed by atoms with van der Waals surface area (Å²) in [5.41, 5.74) is 1.14. The lowest BCUT2D eigenvalue weighted by molar-refractivity contribution is 0.426. The van der Waals surface area contributed by atoms with Crippen LogP contribution in [0, 0.1) is 0 Å². The maximum absolute atomic E-state index is 12.1. The van der Waals surface area contributed by atoms with E-state index in [1.54, 1.807) is 42.5 Å². The Morgan fingerprint density at radius 3 is 2.62 bits per heavy atom. The smallest absolute Gasteiger partial charge is 0.456 e. The predicted molar refractivity (Wildman–Crippen MR) is 82.8 cm³/mol. The van der Waals surface area contributed by atoms with Gasteiger partial charge in [-0.2, -0.15) is 0 Å². The van der Waals surface area contributed by atoms with Gasteiger partial charge < -0.3 is 14.5 Å². The third-order valence-electron chi connectivity index (χ3n) is 3.16. The number of hydrogen-bond donors (Lipinski definition) is 2. The van der Waals surface area contributed by atoms with E-state index in [1.807, 2.05) is 0 Å². The lowest BCUT2D eigenvalue weighted by atomic mass is 9.79. The molecule has 0 unspecified atom stereocenters. The fourth-order valence-corrected chi connectivity index (χ4v) is 2.30. The first-order chi connectivity index (χ1) is 10.0. The molecule has 1 aromatic heterocycles. The Morgan fingerprint density at radius 1 is 1.05 bits per heavy atom. The molecule has 0 fully saturated rings. The van der Waals surface area contributed by atoms with Crippen molar-refractivity contribution in [1.82, 2.24) is 0 Å². The van der Waals surface area contributed by atoms with E-state index in [9.17, 15) is 14.8 Å². The van der Waals surface area contributed by atoms with Crippen LogP contribution >= 0.6 is 11.6 Å². The van der Waals surface area contributed by atoms with Crippen molar-refractivity contribution < 1.29 is 14.5 Å². The largest absolute Gasteiger partial charge is 0.488 e. The Bertz CT molecular complexity index is 873. The molecule has 1 heterocycles. The SMILES string of the molecule is O=c1cc(-c2cccc(B(O)O)c2)oc2ccc(Cl)cc12. The molecule has 0 saturated carbocycles. The van der Waals surface area contributed by atoms with Crippen LogP contribution in [0.1, 0.15) is 0 Å². The van der Waals surface area contributed by atoms with Gasteiger partial charge in [0, 0.05) is 16.7 Å². The van der Waals surface area contributed by atoms with Gasteiger partial charge in [-0.1, -0.05) is 35.9 Å². The van der Waals surface area contributed by atoms with Crippen LogP contribution < -0.4 is 10.9 Å². The summed E-state index contributed by atoms with van der Waals surface area (Å²) < 4.78 is 5.70. The van der Waals surface area contributed by atoms with Gasteiger partial charge in [-0.3, -0.25) is 4.79 Å². The molecule has 2 N–H and O–H groups in total. The molecule has 0 atom stereocenters. The molecule has 3 aromatic rings. The number of benzene rings is 2. The number of halogens is 1. The minimum Gasteiger partial charge on any atom is -0.456 e. The second-order valence-corrected chi connectivity index (χ2v) is 5.05. The molecule has 2 aromatic carbocycles. The van der Waals surface area contributed by atoms with Crippen LogP contribution in [0.3, 0.4) is 0 Å². The molecule has 0 aliphatic heterocycles. The normalized spacial score (nSPS) is 10.8. The van der Waals surface area contributed by atoms with E-state index in [2.05, 4.69) is 0 Å². The summed E-state index contributed by atoms with van der Waals surface area (Å²) in [5, 5.41) is 19.3. The van der Waals surface area contributed by atoms with Crippen LogP contribution in [0.5, 0.6) is 0 Å². The van der Waals surface area contributed by atoms with E-state index in [0.717, 1.165) is 0 Å². The van der Waals surface area contributed by atoms with E-state index in [-0.39, 0.29) is 5.43 Å². The van der Waals surface area contributed by atoms with Crippen molar-refractivity contribution in [2.24, 2.45) is 0 Å². The second-order valence-electron chi connectivity index (χ2n) is 4.61. The summed E-state index contributed by atoms with van der Waals surface area (Å²) in [4.78, 5) is 12.1. The fraction of sp³-hybridized carbons (Fsp3) is 0. The van der Waals surface area contributed by atoms with E-state index in [1.165, 1.54) is 6.07 Å². The van der Waals surface area contributed by atoms with Crippen molar-refractivity contribution in [2.75, 3.05) is 0 Å². The minimum absolute atomic E-state index is 0.205. The van der Waals surface area contributed by atoms with Crippen LogP contribution in [-0.2, 0) is 0 Å². The van der Waals surface area contributed by atoms with E-state index >= 15 is 0 Å². The number of rotatable bonds is 2. The highest BCUT2D eigenvalue weighted by Crippen LogP contribution is 2.23. The van der Waals surface area contributed by atoms with E-state index in [4.69, 9.17) is 16.0 Å². The second kappa shape index (κ2) is 5.37. The molecule has 0 aliphatic carbocycles.